The van der Waals surface area contributed by atoms with Crippen molar-refractivity contribution in [1.29, 1.82) is 0 Å². The van der Waals surface area contributed by atoms with Gasteiger partial charge in [0.05, 0.1) is 5.39 Å². The van der Waals surface area contributed by atoms with Crippen LogP contribution in [0.1, 0.15) is 38.4 Å². The molecule has 0 saturated heterocycles. The molecule has 4 nitrogen and oxygen atoms in total. The number of thiophene rings is 1. The van der Waals surface area contributed by atoms with E-state index in [0.717, 1.165) is 34.7 Å². The van der Waals surface area contributed by atoms with E-state index in [0.29, 0.717) is 0 Å². The third kappa shape index (κ3) is 2.79. The molecule has 0 saturated carbocycles. The normalized spacial score (nSPS) is 12.1. The Morgan fingerprint density at radius 2 is 2.06 bits per heavy atom. The number of nitrogens with two attached hydrogens (primary N) is 1. The van der Waals surface area contributed by atoms with Crippen LogP contribution in [0.2, 0.25) is 0 Å². The summed E-state index contributed by atoms with van der Waals surface area (Å²) in [5.74, 6) is 7.15. The highest BCUT2D eigenvalue weighted by Gasteiger charge is 2.16. The Morgan fingerprint density at radius 1 is 1.33 bits per heavy atom. The van der Waals surface area contributed by atoms with Crippen LogP contribution >= 0.6 is 11.3 Å². The van der Waals surface area contributed by atoms with E-state index in [2.05, 4.69) is 49.2 Å². The number of rotatable bonds is 3. The zero-order valence-corrected chi connectivity index (χ0v) is 12.2. The molecule has 2 aromatic heterocycles. The van der Waals surface area contributed by atoms with Crippen molar-refractivity contribution in [2.75, 3.05) is 5.43 Å². The third-order valence-corrected chi connectivity index (χ3v) is 3.84. The summed E-state index contributed by atoms with van der Waals surface area (Å²) in [4.78, 5) is 11.5. The second-order valence-electron chi connectivity index (χ2n) is 5.66. The maximum Gasteiger partial charge on any atom is 0.152 e. The van der Waals surface area contributed by atoms with Gasteiger partial charge in [-0.3, -0.25) is 0 Å². The first kappa shape index (κ1) is 13.2. The number of aromatic nitrogens is 2. The fraction of sp³-hybridized carbons (Fsp3) is 0.538. The van der Waals surface area contributed by atoms with E-state index in [-0.39, 0.29) is 5.41 Å². The summed E-state index contributed by atoms with van der Waals surface area (Å²) in [7, 11) is 0. The molecule has 3 N–H and O–H groups in total. The highest BCUT2D eigenvalue weighted by molar-refractivity contribution is 7.18. The number of fused-ring (bicyclic) bond motifs is 1. The number of aryl methyl sites for hydroxylation is 1. The molecule has 0 fully saturated rings. The van der Waals surface area contributed by atoms with Crippen LogP contribution in [0.4, 0.5) is 5.82 Å². The maximum absolute atomic E-state index is 5.56. The Hall–Kier alpha value is -1.20. The van der Waals surface area contributed by atoms with Crippen molar-refractivity contribution >= 4 is 27.4 Å². The van der Waals surface area contributed by atoms with Crippen LogP contribution in [0.25, 0.3) is 10.2 Å². The Labute approximate surface area is 112 Å². The molecule has 2 rings (SSSR count). The second-order valence-corrected chi connectivity index (χ2v) is 6.77. The lowest BCUT2D eigenvalue weighted by molar-refractivity contribution is 0.401. The van der Waals surface area contributed by atoms with Crippen molar-refractivity contribution in [2.45, 2.75) is 40.5 Å². The molecule has 0 aliphatic rings. The average molecular weight is 264 g/mol. The summed E-state index contributed by atoms with van der Waals surface area (Å²) in [6.45, 7) is 8.69. The van der Waals surface area contributed by atoms with Crippen LogP contribution in [-0.2, 0) is 12.8 Å². The fourth-order valence-corrected chi connectivity index (χ4v) is 2.84. The number of nitrogen functional groups attached to an aromatic ring is 1. The smallest absolute Gasteiger partial charge is 0.152 e. The van der Waals surface area contributed by atoms with Gasteiger partial charge in [-0.1, -0.05) is 27.7 Å². The number of hydrogen-bond acceptors (Lipinski definition) is 5. The van der Waals surface area contributed by atoms with E-state index in [4.69, 9.17) is 5.84 Å². The van der Waals surface area contributed by atoms with Crippen LogP contribution in [0.3, 0.4) is 0 Å². The van der Waals surface area contributed by atoms with Crippen molar-refractivity contribution < 1.29 is 0 Å². The van der Waals surface area contributed by atoms with E-state index in [1.54, 1.807) is 11.3 Å². The average Bonchev–Trinajstić information content (AvgIpc) is 2.68. The number of hydrazine groups is 1. The van der Waals surface area contributed by atoms with Crippen molar-refractivity contribution in [3.05, 3.63) is 16.8 Å². The third-order valence-electron chi connectivity index (χ3n) is 2.66. The Balaban J connectivity index is 2.51. The minimum Gasteiger partial charge on any atom is -0.308 e. The minimum absolute atomic E-state index is 0.171. The standard InChI is InChI=1S/C13H20N4S/c1-5-8-6-9-11(17-14)15-10(7-13(2,3)4)16-12(9)18-8/h6H,5,7,14H2,1-4H3,(H,15,16,17). The lowest BCUT2D eigenvalue weighted by Crippen LogP contribution is -2.15. The lowest BCUT2D eigenvalue weighted by Gasteiger charge is -2.17. The van der Waals surface area contributed by atoms with Crippen molar-refractivity contribution in [3.8, 4) is 0 Å². The van der Waals surface area contributed by atoms with Gasteiger partial charge in [0.15, 0.2) is 5.82 Å². The Bertz CT molecular complexity index is 554. The zero-order chi connectivity index (χ0) is 13.3. The van der Waals surface area contributed by atoms with Crippen LogP contribution in [0, 0.1) is 5.41 Å². The number of hydrogen-bond donors (Lipinski definition) is 2. The first-order valence-corrected chi connectivity index (χ1v) is 7.00. The van der Waals surface area contributed by atoms with Gasteiger partial charge in [-0.2, -0.15) is 0 Å². The van der Waals surface area contributed by atoms with Gasteiger partial charge in [-0.15, -0.1) is 11.3 Å². The van der Waals surface area contributed by atoms with Crippen molar-refractivity contribution in [3.63, 3.8) is 0 Å². The summed E-state index contributed by atoms with van der Waals surface area (Å²) in [6, 6.07) is 2.12. The minimum atomic E-state index is 0.171. The molecule has 0 aromatic carbocycles. The quantitative estimate of drug-likeness (QED) is 0.660. The van der Waals surface area contributed by atoms with Crippen LogP contribution < -0.4 is 11.3 Å². The molecule has 0 unspecified atom stereocenters. The predicted octanol–water partition coefficient (Wildman–Crippen LogP) is 3.13. The summed E-state index contributed by atoms with van der Waals surface area (Å²) >= 11 is 1.72. The molecule has 0 amide bonds. The first-order valence-electron chi connectivity index (χ1n) is 6.19. The molecular weight excluding hydrogens is 244 g/mol. The molecule has 0 aliphatic carbocycles. The van der Waals surface area contributed by atoms with Gasteiger partial charge in [0.2, 0.25) is 0 Å². The Kier molecular flexibility index (Phi) is 3.54. The molecule has 0 atom stereocenters. The summed E-state index contributed by atoms with van der Waals surface area (Å²) in [5, 5.41) is 1.03. The second kappa shape index (κ2) is 4.82. The topological polar surface area (TPSA) is 63.8 Å². The predicted molar refractivity (Wildman–Crippen MR) is 77.8 cm³/mol. The highest BCUT2D eigenvalue weighted by atomic mass is 32.1. The van der Waals surface area contributed by atoms with E-state index < -0.39 is 0 Å². The van der Waals surface area contributed by atoms with Gasteiger partial charge < -0.3 is 5.43 Å². The lowest BCUT2D eigenvalue weighted by atomic mass is 9.92. The zero-order valence-electron chi connectivity index (χ0n) is 11.4. The number of nitrogens with zero attached hydrogens (tertiary/aromatic N) is 2. The summed E-state index contributed by atoms with van der Waals surface area (Å²) < 4.78 is 0. The summed E-state index contributed by atoms with van der Waals surface area (Å²) in [6.07, 6.45) is 1.86. The molecule has 5 heteroatoms. The highest BCUT2D eigenvalue weighted by Crippen LogP contribution is 2.30. The van der Waals surface area contributed by atoms with Crippen LogP contribution in [0.15, 0.2) is 6.07 Å². The van der Waals surface area contributed by atoms with Crippen LogP contribution in [-0.4, -0.2) is 9.97 Å². The fourth-order valence-electron chi connectivity index (χ4n) is 1.85. The number of anilines is 1. The molecule has 0 radical (unpaired) electrons. The van der Waals surface area contributed by atoms with Gasteiger partial charge in [-0.05, 0) is 17.9 Å². The summed E-state index contributed by atoms with van der Waals surface area (Å²) in [5.41, 5.74) is 2.86. The van der Waals surface area contributed by atoms with E-state index in [9.17, 15) is 0 Å². The van der Waals surface area contributed by atoms with Gasteiger partial charge in [-0.25, -0.2) is 15.8 Å². The van der Waals surface area contributed by atoms with Crippen molar-refractivity contribution in [2.24, 2.45) is 11.3 Å². The van der Waals surface area contributed by atoms with Gasteiger partial charge in [0.25, 0.3) is 0 Å². The van der Waals surface area contributed by atoms with Crippen LogP contribution in [0.5, 0.6) is 0 Å². The molecular formula is C13H20N4S. The van der Waals surface area contributed by atoms with E-state index >= 15 is 0 Å². The largest absolute Gasteiger partial charge is 0.308 e. The van der Waals surface area contributed by atoms with E-state index in [1.165, 1.54) is 4.88 Å². The molecule has 2 heterocycles. The number of nitrogens with one attached hydrogen (secondary N) is 1. The van der Waals surface area contributed by atoms with Gasteiger partial charge in [0, 0.05) is 11.3 Å². The SMILES string of the molecule is CCc1cc2c(NN)nc(CC(C)(C)C)nc2s1. The molecule has 18 heavy (non-hydrogen) atoms. The molecule has 0 bridgehead atoms. The molecule has 0 aliphatic heterocycles. The van der Waals surface area contributed by atoms with E-state index in [1.807, 2.05) is 0 Å². The van der Waals surface area contributed by atoms with Crippen molar-refractivity contribution in [1.82, 2.24) is 9.97 Å². The molecule has 0 spiro atoms. The monoisotopic (exact) mass is 264 g/mol. The van der Waals surface area contributed by atoms with Gasteiger partial charge >= 0.3 is 0 Å². The molecule has 98 valence electrons. The molecule has 2 aromatic rings. The van der Waals surface area contributed by atoms with Gasteiger partial charge in [0.1, 0.15) is 10.7 Å². The first-order chi connectivity index (χ1) is 8.43. The Morgan fingerprint density at radius 3 is 2.61 bits per heavy atom. The maximum atomic E-state index is 5.56.